The smallest absolute Gasteiger partial charge is 0.247 e. The predicted octanol–water partition coefficient (Wildman–Crippen LogP) is 6.56. The SMILES string of the molecule is FC(F)C1C(F)CC(C2CCC(C3CCCC(Cl)C3)CC2)CC1F. The lowest BCUT2D eigenvalue weighted by Gasteiger charge is -2.42. The van der Waals surface area contributed by atoms with E-state index in [4.69, 9.17) is 11.6 Å². The van der Waals surface area contributed by atoms with Crippen LogP contribution in [0.25, 0.3) is 0 Å². The molecule has 3 saturated carbocycles. The number of alkyl halides is 5. The van der Waals surface area contributed by atoms with Gasteiger partial charge in [-0.25, -0.2) is 17.6 Å². The summed E-state index contributed by atoms with van der Waals surface area (Å²) in [6.45, 7) is 0. The van der Waals surface area contributed by atoms with Gasteiger partial charge in [-0.05, 0) is 75.0 Å². The van der Waals surface area contributed by atoms with Crippen molar-refractivity contribution in [3.05, 3.63) is 0 Å². The van der Waals surface area contributed by atoms with Crippen LogP contribution in [-0.4, -0.2) is 24.1 Å². The van der Waals surface area contributed by atoms with Crippen LogP contribution in [0.5, 0.6) is 0 Å². The quantitative estimate of drug-likeness (QED) is 0.391. The van der Waals surface area contributed by atoms with Gasteiger partial charge in [0.15, 0.2) is 0 Å². The first-order valence-corrected chi connectivity index (χ1v) is 10.1. The molecule has 24 heavy (non-hydrogen) atoms. The Hall–Kier alpha value is 0.01000. The molecule has 3 aliphatic carbocycles. The molecular weight excluding hydrogens is 340 g/mol. The molecule has 0 N–H and O–H groups in total. The minimum absolute atomic E-state index is 0.0573. The van der Waals surface area contributed by atoms with Crippen molar-refractivity contribution < 1.29 is 17.6 Å². The van der Waals surface area contributed by atoms with Gasteiger partial charge in [0.1, 0.15) is 12.3 Å². The summed E-state index contributed by atoms with van der Waals surface area (Å²) in [5.41, 5.74) is 0. The van der Waals surface area contributed by atoms with Crippen LogP contribution in [0.4, 0.5) is 17.6 Å². The van der Waals surface area contributed by atoms with E-state index in [0.29, 0.717) is 23.1 Å². The van der Waals surface area contributed by atoms with Gasteiger partial charge < -0.3 is 0 Å². The van der Waals surface area contributed by atoms with Gasteiger partial charge in [-0.3, -0.25) is 0 Å². The van der Waals surface area contributed by atoms with Crippen molar-refractivity contribution in [2.24, 2.45) is 29.6 Å². The average Bonchev–Trinajstić information content (AvgIpc) is 2.54. The van der Waals surface area contributed by atoms with Crippen molar-refractivity contribution in [2.75, 3.05) is 0 Å². The fourth-order valence-electron chi connectivity index (χ4n) is 5.60. The molecule has 0 aromatic heterocycles. The van der Waals surface area contributed by atoms with E-state index in [9.17, 15) is 17.6 Å². The van der Waals surface area contributed by atoms with Crippen molar-refractivity contribution >= 4 is 11.6 Å². The maximum atomic E-state index is 14.0. The molecule has 5 heteroatoms. The van der Waals surface area contributed by atoms with Crippen LogP contribution in [0.1, 0.15) is 64.2 Å². The zero-order chi connectivity index (χ0) is 17.3. The summed E-state index contributed by atoms with van der Waals surface area (Å²) in [4.78, 5) is 0. The van der Waals surface area contributed by atoms with Crippen LogP contribution in [0.15, 0.2) is 0 Å². The van der Waals surface area contributed by atoms with Gasteiger partial charge in [-0.1, -0.05) is 12.8 Å². The van der Waals surface area contributed by atoms with Gasteiger partial charge in [0.25, 0.3) is 0 Å². The lowest BCUT2D eigenvalue weighted by molar-refractivity contribution is -0.0644. The van der Waals surface area contributed by atoms with Gasteiger partial charge in [-0.2, -0.15) is 0 Å². The van der Waals surface area contributed by atoms with Gasteiger partial charge >= 0.3 is 0 Å². The van der Waals surface area contributed by atoms with E-state index in [1.807, 2.05) is 0 Å². The second-order valence-electron chi connectivity index (χ2n) is 8.37. The molecule has 3 aliphatic rings. The van der Waals surface area contributed by atoms with Crippen LogP contribution in [0, 0.1) is 29.6 Å². The Morgan fingerprint density at radius 2 is 1.21 bits per heavy atom. The summed E-state index contributed by atoms with van der Waals surface area (Å²) in [5.74, 6) is -0.0486. The van der Waals surface area contributed by atoms with Crippen molar-refractivity contribution in [2.45, 2.75) is 88.4 Å². The molecule has 0 bridgehead atoms. The summed E-state index contributed by atoms with van der Waals surface area (Å²) >= 11 is 6.31. The molecule has 4 unspecified atom stereocenters. The number of halogens is 5. The second kappa shape index (κ2) is 8.14. The zero-order valence-corrected chi connectivity index (χ0v) is 14.9. The van der Waals surface area contributed by atoms with E-state index in [1.165, 1.54) is 12.8 Å². The molecule has 0 radical (unpaired) electrons. The summed E-state index contributed by atoms with van der Waals surface area (Å²) in [7, 11) is 0. The Morgan fingerprint density at radius 3 is 1.71 bits per heavy atom. The molecule has 0 spiro atoms. The third-order valence-corrected chi connectivity index (χ3v) is 7.38. The summed E-state index contributed by atoms with van der Waals surface area (Å²) in [6.07, 6.45) is 2.90. The van der Waals surface area contributed by atoms with Crippen molar-refractivity contribution in [1.29, 1.82) is 0 Å². The molecule has 3 rings (SSSR count). The highest BCUT2D eigenvalue weighted by Gasteiger charge is 2.46. The first-order valence-electron chi connectivity index (χ1n) is 9.66. The lowest BCUT2D eigenvalue weighted by Crippen LogP contribution is -2.42. The van der Waals surface area contributed by atoms with E-state index in [0.717, 1.165) is 38.5 Å². The van der Waals surface area contributed by atoms with E-state index in [2.05, 4.69) is 0 Å². The molecule has 0 saturated heterocycles. The average molecular weight is 369 g/mol. The number of hydrogen-bond acceptors (Lipinski definition) is 0. The first kappa shape index (κ1) is 18.8. The monoisotopic (exact) mass is 368 g/mol. The molecule has 0 aromatic rings. The molecule has 140 valence electrons. The molecule has 0 nitrogen and oxygen atoms in total. The van der Waals surface area contributed by atoms with Crippen LogP contribution in [0.2, 0.25) is 0 Å². The molecular formula is C19H29ClF4. The molecule has 3 fully saturated rings. The maximum Gasteiger partial charge on any atom is 0.247 e. The molecule has 0 heterocycles. The highest BCUT2D eigenvalue weighted by molar-refractivity contribution is 6.20. The lowest BCUT2D eigenvalue weighted by atomic mass is 9.65. The maximum absolute atomic E-state index is 14.0. The van der Waals surface area contributed by atoms with Crippen molar-refractivity contribution in [3.8, 4) is 0 Å². The van der Waals surface area contributed by atoms with Gasteiger partial charge in [-0.15, -0.1) is 11.6 Å². The van der Waals surface area contributed by atoms with Crippen LogP contribution in [0.3, 0.4) is 0 Å². The Morgan fingerprint density at radius 1 is 0.667 bits per heavy atom. The largest absolute Gasteiger partial charge is 0.247 e. The van der Waals surface area contributed by atoms with Crippen LogP contribution >= 0.6 is 11.6 Å². The summed E-state index contributed by atoms with van der Waals surface area (Å²) in [6, 6.07) is 0. The molecule has 0 aromatic carbocycles. The Labute approximate surface area is 147 Å². The fourth-order valence-corrected chi connectivity index (χ4v) is 5.98. The second-order valence-corrected chi connectivity index (χ2v) is 8.99. The Balaban J connectivity index is 1.50. The summed E-state index contributed by atoms with van der Waals surface area (Å²) in [5, 5.41) is 0.311. The van der Waals surface area contributed by atoms with E-state index in [-0.39, 0.29) is 18.8 Å². The van der Waals surface area contributed by atoms with E-state index in [1.54, 1.807) is 0 Å². The zero-order valence-electron chi connectivity index (χ0n) is 14.2. The van der Waals surface area contributed by atoms with E-state index >= 15 is 0 Å². The third-order valence-electron chi connectivity index (χ3n) is 6.98. The molecule has 0 aliphatic heterocycles. The highest BCUT2D eigenvalue weighted by Crippen LogP contribution is 2.47. The number of hydrogen-bond donors (Lipinski definition) is 0. The standard InChI is InChI=1S/C19H29ClF4/c20-15-3-1-2-13(8-15)11-4-6-12(7-5-11)14-9-16(21)18(19(23)24)17(22)10-14/h11-19H,1-10H2. The van der Waals surface area contributed by atoms with Gasteiger partial charge in [0.05, 0.1) is 5.92 Å². The molecule has 4 atom stereocenters. The van der Waals surface area contributed by atoms with Gasteiger partial charge in [0, 0.05) is 5.38 Å². The predicted molar refractivity (Wildman–Crippen MR) is 89.1 cm³/mol. The minimum atomic E-state index is -2.89. The molecule has 0 amide bonds. The number of rotatable bonds is 3. The van der Waals surface area contributed by atoms with Crippen LogP contribution < -0.4 is 0 Å². The van der Waals surface area contributed by atoms with E-state index < -0.39 is 24.7 Å². The Kier molecular flexibility index (Phi) is 6.37. The fraction of sp³-hybridized carbons (Fsp3) is 1.00. The van der Waals surface area contributed by atoms with Crippen molar-refractivity contribution in [3.63, 3.8) is 0 Å². The van der Waals surface area contributed by atoms with Gasteiger partial charge in [0.2, 0.25) is 6.43 Å². The normalized spacial score (nSPS) is 47.8. The highest BCUT2D eigenvalue weighted by atomic mass is 35.5. The van der Waals surface area contributed by atoms with Crippen molar-refractivity contribution in [1.82, 2.24) is 0 Å². The summed E-state index contributed by atoms with van der Waals surface area (Å²) < 4.78 is 53.6. The first-order chi connectivity index (χ1) is 11.5. The topological polar surface area (TPSA) is 0 Å². The third kappa shape index (κ3) is 4.22. The minimum Gasteiger partial charge on any atom is -0.247 e. The Bertz CT molecular complexity index is 385. The van der Waals surface area contributed by atoms with Crippen LogP contribution in [-0.2, 0) is 0 Å².